The molecule has 4 aromatic rings. The van der Waals surface area contributed by atoms with Gasteiger partial charge in [-0.15, -0.1) is 0 Å². The minimum Gasteiger partial charge on any atom is -0.484 e. The van der Waals surface area contributed by atoms with E-state index in [0.29, 0.717) is 41.2 Å². The zero-order valence-electron chi connectivity index (χ0n) is 22.5. The molecule has 0 radical (unpaired) electrons. The van der Waals surface area contributed by atoms with Crippen molar-refractivity contribution in [2.75, 3.05) is 7.11 Å². The van der Waals surface area contributed by atoms with Gasteiger partial charge in [-0.25, -0.2) is 22.9 Å². The Labute approximate surface area is 233 Å². The molecule has 10 heteroatoms. The van der Waals surface area contributed by atoms with Crippen molar-refractivity contribution in [1.82, 2.24) is 4.98 Å². The molecule has 1 aliphatic heterocycles. The van der Waals surface area contributed by atoms with Crippen molar-refractivity contribution < 1.29 is 31.4 Å². The molecule has 1 saturated heterocycles. The van der Waals surface area contributed by atoms with Gasteiger partial charge in [-0.3, -0.25) is 0 Å². The number of aromatic nitrogens is 1. The van der Waals surface area contributed by atoms with Crippen LogP contribution in [-0.2, 0) is 31.7 Å². The average molecular weight is 567 g/mol. The molecule has 40 heavy (non-hydrogen) atoms. The Balaban J connectivity index is 1.45. The highest BCUT2D eigenvalue weighted by Gasteiger charge is 2.41. The number of methoxy groups -OCH3 is 1. The normalized spacial score (nSPS) is 21.3. The van der Waals surface area contributed by atoms with E-state index in [9.17, 15) is 12.8 Å². The fourth-order valence-electron chi connectivity index (χ4n) is 5.29. The molecule has 1 aliphatic rings. The number of hydrogen-bond acceptors (Lipinski definition) is 7. The lowest BCUT2D eigenvalue weighted by molar-refractivity contribution is -0.152. The summed E-state index contributed by atoms with van der Waals surface area (Å²) in [6, 6.07) is 20.0. The minimum absolute atomic E-state index is 0.00959. The third kappa shape index (κ3) is 5.95. The van der Waals surface area contributed by atoms with Gasteiger partial charge in [0, 0.05) is 37.1 Å². The number of benzene rings is 3. The Kier molecular flexibility index (Phi) is 7.78. The zero-order valence-corrected chi connectivity index (χ0v) is 23.3. The van der Waals surface area contributed by atoms with E-state index in [1.54, 1.807) is 25.3 Å². The van der Waals surface area contributed by atoms with E-state index in [1.807, 2.05) is 44.2 Å². The Morgan fingerprint density at radius 3 is 2.30 bits per heavy atom. The van der Waals surface area contributed by atoms with Crippen LogP contribution < -0.4 is 9.88 Å². The smallest absolute Gasteiger partial charge is 0.238 e. The minimum atomic E-state index is -3.84. The molecule has 2 unspecified atom stereocenters. The summed E-state index contributed by atoms with van der Waals surface area (Å²) < 4.78 is 62.1. The lowest BCUT2D eigenvalue weighted by Gasteiger charge is -2.42. The number of ether oxygens (including phenoxy) is 3. The van der Waals surface area contributed by atoms with E-state index in [1.165, 1.54) is 24.3 Å². The van der Waals surface area contributed by atoms with Gasteiger partial charge in [0.25, 0.3) is 0 Å². The van der Waals surface area contributed by atoms with Crippen molar-refractivity contribution in [3.63, 3.8) is 0 Å². The number of oxazole rings is 1. The molecule has 1 fully saturated rings. The fraction of sp³-hybridized carbons (Fsp3) is 0.300. The largest absolute Gasteiger partial charge is 0.484 e. The van der Waals surface area contributed by atoms with Crippen molar-refractivity contribution >= 4 is 10.0 Å². The summed E-state index contributed by atoms with van der Waals surface area (Å²) in [5, 5.41) is 5.24. The van der Waals surface area contributed by atoms with E-state index in [-0.39, 0.29) is 29.6 Å². The predicted octanol–water partition coefficient (Wildman–Crippen LogP) is 5.80. The Bertz CT molecular complexity index is 1580. The second kappa shape index (κ2) is 11.1. The average Bonchev–Trinajstić information content (AvgIpc) is 3.35. The molecule has 0 bridgehead atoms. The van der Waals surface area contributed by atoms with Crippen molar-refractivity contribution in [3.05, 3.63) is 90.1 Å². The maximum absolute atomic E-state index is 14.8. The summed E-state index contributed by atoms with van der Waals surface area (Å²) in [6.45, 7) is 3.90. The van der Waals surface area contributed by atoms with E-state index >= 15 is 0 Å². The molecular formula is C30H31FN2O6S. The summed E-state index contributed by atoms with van der Waals surface area (Å²) >= 11 is 0. The van der Waals surface area contributed by atoms with E-state index < -0.39 is 21.4 Å². The molecule has 3 aromatic carbocycles. The first kappa shape index (κ1) is 28.0. The molecule has 2 heterocycles. The highest BCUT2D eigenvalue weighted by molar-refractivity contribution is 7.89. The number of primary sulfonamides is 1. The Hall–Kier alpha value is -3.57. The SMILES string of the molecule is COC1(c2cc(F)cc(OCc3nc(-c4ccccc4)c(-c4ccc(S(N)(=O)=O)cc4)o3)c2)CC(C)OC(C)C1. The number of nitrogens with zero attached hydrogens (tertiary/aromatic N) is 1. The number of rotatable bonds is 8. The van der Waals surface area contributed by atoms with Gasteiger partial charge < -0.3 is 18.6 Å². The van der Waals surface area contributed by atoms with Crippen LogP contribution in [0.4, 0.5) is 4.39 Å². The quantitative estimate of drug-likeness (QED) is 0.287. The molecule has 210 valence electrons. The Morgan fingerprint density at radius 1 is 1.00 bits per heavy atom. The molecule has 8 nitrogen and oxygen atoms in total. The van der Waals surface area contributed by atoms with Gasteiger partial charge in [-0.05, 0) is 55.8 Å². The van der Waals surface area contributed by atoms with Crippen molar-refractivity contribution in [2.24, 2.45) is 5.14 Å². The van der Waals surface area contributed by atoms with Gasteiger partial charge in [0.1, 0.15) is 17.3 Å². The summed E-state index contributed by atoms with van der Waals surface area (Å²) in [6.07, 6.45) is 1.09. The van der Waals surface area contributed by atoms with Gasteiger partial charge in [0.2, 0.25) is 15.9 Å². The number of halogens is 1. The summed E-state index contributed by atoms with van der Waals surface area (Å²) in [5.74, 6) is 0.583. The van der Waals surface area contributed by atoms with Gasteiger partial charge in [-0.1, -0.05) is 30.3 Å². The maximum atomic E-state index is 14.8. The molecule has 5 rings (SSSR count). The predicted molar refractivity (Wildman–Crippen MR) is 147 cm³/mol. The van der Waals surface area contributed by atoms with Crippen LogP contribution in [0.2, 0.25) is 0 Å². The molecule has 2 N–H and O–H groups in total. The second-order valence-corrected chi connectivity index (χ2v) is 11.6. The number of hydrogen-bond donors (Lipinski definition) is 1. The zero-order chi connectivity index (χ0) is 28.5. The number of nitrogens with two attached hydrogens (primary N) is 1. The summed E-state index contributed by atoms with van der Waals surface area (Å²) in [4.78, 5) is 4.65. The first-order valence-electron chi connectivity index (χ1n) is 12.9. The number of sulfonamides is 1. The van der Waals surface area contributed by atoms with Gasteiger partial charge in [-0.2, -0.15) is 0 Å². The lowest BCUT2D eigenvalue weighted by Crippen LogP contribution is -2.42. The van der Waals surface area contributed by atoms with Crippen LogP contribution in [0.25, 0.3) is 22.6 Å². The van der Waals surface area contributed by atoms with Crippen LogP contribution in [0.15, 0.2) is 82.1 Å². The molecule has 0 amide bonds. The van der Waals surface area contributed by atoms with Crippen LogP contribution in [0.3, 0.4) is 0 Å². The van der Waals surface area contributed by atoms with Gasteiger partial charge in [0.15, 0.2) is 12.4 Å². The molecule has 0 spiro atoms. The highest BCUT2D eigenvalue weighted by Crippen LogP contribution is 2.42. The van der Waals surface area contributed by atoms with Crippen LogP contribution in [0, 0.1) is 5.82 Å². The standard InChI is InChI=1S/C30H31FN2O6S/c1-19-16-30(36-3,17-20(2)38-19)23-13-24(31)15-25(14-23)37-18-27-33-28(21-7-5-4-6-8-21)29(39-27)22-9-11-26(12-10-22)40(32,34)35/h4-15,19-20H,16-18H2,1-3H3,(H2,32,34,35). The van der Waals surface area contributed by atoms with Crippen molar-refractivity contribution in [1.29, 1.82) is 0 Å². The second-order valence-electron chi connectivity index (χ2n) is 10.0. The van der Waals surface area contributed by atoms with E-state index in [2.05, 4.69) is 4.98 Å². The fourth-order valence-corrected chi connectivity index (χ4v) is 5.80. The van der Waals surface area contributed by atoms with Crippen LogP contribution in [0.5, 0.6) is 5.75 Å². The monoisotopic (exact) mass is 566 g/mol. The molecule has 0 saturated carbocycles. The first-order valence-corrected chi connectivity index (χ1v) is 14.4. The van der Waals surface area contributed by atoms with Gasteiger partial charge in [0.05, 0.1) is 22.7 Å². The molecule has 2 atom stereocenters. The topological polar surface area (TPSA) is 114 Å². The maximum Gasteiger partial charge on any atom is 0.238 e. The van der Waals surface area contributed by atoms with E-state index in [4.69, 9.17) is 23.8 Å². The third-order valence-electron chi connectivity index (χ3n) is 7.01. The first-order chi connectivity index (χ1) is 19.1. The Morgan fingerprint density at radius 2 is 1.68 bits per heavy atom. The lowest BCUT2D eigenvalue weighted by atomic mass is 9.81. The summed E-state index contributed by atoms with van der Waals surface area (Å²) in [5.41, 5.74) is 1.96. The molecule has 1 aromatic heterocycles. The van der Waals surface area contributed by atoms with Crippen LogP contribution in [0.1, 0.15) is 38.1 Å². The van der Waals surface area contributed by atoms with Gasteiger partial charge >= 0.3 is 0 Å². The molecule has 0 aliphatic carbocycles. The third-order valence-corrected chi connectivity index (χ3v) is 7.94. The van der Waals surface area contributed by atoms with Crippen molar-refractivity contribution in [3.8, 4) is 28.3 Å². The van der Waals surface area contributed by atoms with Crippen LogP contribution in [-0.4, -0.2) is 32.7 Å². The van der Waals surface area contributed by atoms with Crippen molar-refractivity contribution in [2.45, 2.75) is 56.0 Å². The highest BCUT2D eigenvalue weighted by atomic mass is 32.2. The van der Waals surface area contributed by atoms with E-state index in [0.717, 1.165) is 5.56 Å². The summed E-state index contributed by atoms with van der Waals surface area (Å²) in [7, 11) is -2.21. The molecular weight excluding hydrogens is 535 g/mol. The van der Waals surface area contributed by atoms with Crippen LogP contribution >= 0.6 is 0 Å².